The van der Waals surface area contributed by atoms with E-state index in [1.165, 1.54) is 6.20 Å². The zero-order valence-corrected chi connectivity index (χ0v) is 21.3. The van der Waals surface area contributed by atoms with Crippen LogP contribution in [0.2, 0.25) is 5.02 Å². The minimum Gasteiger partial charge on any atom is -0.497 e. The predicted octanol–water partition coefficient (Wildman–Crippen LogP) is 6.29. The summed E-state index contributed by atoms with van der Waals surface area (Å²) in [5.41, 5.74) is 0.373. The van der Waals surface area contributed by atoms with Crippen molar-refractivity contribution in [2.45, 2.75) is 31.9 Å². The molecule has 3 aromatic rings. The molecular formula is C27H30ClF4N3O2. The number of piperidine rings is 1. The van der Waals surface area contributed by atoms with E-state index in [0.29, 0.717) is 73.7 Å². The second-order valence-corrected chi connectivity index (χ2v) is 9.99. The number of aliphatic hydroxyl groups excluding tert-OH is 1. The van der Waals surface area contributed by atoms with Crippen molar-refractivity contribution in [3.05, 3.63) is 64.6 Å². The Morgan fingerprint density at radius 3 is 2.65 bits per heavy atom. The largest absolute Gasteiger partial charge is 0.497 e. The van der Waals surface area contributed by atoms with Gasteiger partial charge in [0.1, 0.15) is 17.7 Å². The van der Waals surface area contributed by atoms with Gasteiger partial charge >= 0.3 is 0 Å². The van der Waals surface area contributed by atoms with Gasteiger partial charge in [-0.2, -0.15) is 0 Å². The van der Waals surface area contributed by atoms with Gasteiger partial charge in [0, 0.05) is 49.0 Å². The Hall–Kier alpha value is -2.62. The van der Waals surface area contributed by atoms with E-state index < -0.39 is 29.0 Å². The number of halogens is 5. The highest BCUT2D eigenvalue weighted by Gasteiger charge is 2.35. The number of benzene rings is 2. The quantitative estimate of drug-likeness (QED) is 0.234. The predicted molar refractivity (Wildman–Crippen MR) is 136 cm³/mol. The number of alkyl halides is 1. The van der Waals surface area contributed by atoms with Crippen LogP contribution >= 0.6 is 11.6 Å². The first kappa shape index (κ1) is 27.4. The summed E-state index contributed by atoms with van der Waals surface area (Å²) >= 11 is 6.35. The number of methoxy groups -OCH3 is 1. The van der Waals surface area contributed by atoms with Gasteiger partial charge in [0.05, 0.1) is 23.3 Å². The van der Waals surface area contributed by atoms with Crippen LogP contribution in [-0.2, 0) is 0 Å². The van der Waals surface area contributed by atoms with Crippen LogP contribution in [0.4, 0.5) is 23.2 Å². The lowest BCUT2D eigenvalue weighted by Gasteiger charge is -2.41. The molecule has 2 N–H and O–H groups in total. The molecule has 200 valence electrons. The van der Waals surface area contributed by atoms with Gasteiger partial charge < -0.3 is 20.1 Å². The van der Waals surface area contributed by atoms with E-state index in [4.69, 9.17) is 16.3 Å². The maximum atomic E-state index is 15.6. The number of rotatable bonds is 10. The van der Waals surface area contributed by atoms with Crippen LogP contribution < -0.4 is 10.1 Å². The summed E-state index contributed by atoms with van der Waals surface area (Å²) in [7, 11) is 1.54. The topological polar surface area (TPSA) is 57.6 Å². The molecule has 0 aliphatic carbocycles. The number of hydrogen-bond donors (Lipinski definition) is 2. The lowest BCUT2D eigenvalue weighted by atomic mass is 9.74. The first-order valence-corrected chi connectivity index (χ1v) is 12.6. The maximum absolute atomic E-state index is 15.6. The fourth-order valence-corrected chi connectivity index (χ4v) is 5.23. The molecule has 1 atom stereocenters. The Morgan fingerprint density at radius 1 is 1.19 bits per heavy atom. The summed E-state index contributed by atoms with van der Waals surface area (Å²) in [4.78, 5) is 6.41. The minimum absolute atomic E-state index is 0.0573. The second kappa shape index (κ2) is 11.8. The number of nitrogens with zero attached hydrogens (tertiary/aromatic N) is 2. The molecule has 37 heavy (non-hydrogen) atoms. The van der Waals surface area contributed by atoms with Crippen LogP contribution in [0.3, 0.4) is 0 Å². The molecule has 0 radical (unpaired) electrons. The normalized spacial score (nSPS) is 16.6. The van der Waals surface area contributed by atoms with E-state index in [-0.39, 0.29) is 23.7 Å². The van der Waals surface area contributed by atoms with Gasteiger partial charge in [-0.15, -0.1) is 0 Å². The number of anilines is 1. The third-order valence-corrected chi connectivity index (χ3v) is 7.60. The highest BCUT2D eigenvalue weighted by Crippen LogP contribution is 2.41. The molecule has 0 unspecified atom stereocenters. The average molecular weight is 540 g/mol. The SMILES string of the molecule is COc1ccc2ncc(Cl)c([C@H](F)CCC3(CO)CCN(CCNc4cc(F)cc(F)c4F)CC3)c2c1. The standard InChI is InChI=1S/C27H30ClF4N3O2/c1-37-18-2-3-23-19(14-18)25(20(28)15-34-23)21(30)4-5-27(16-36)6-9-35(10-7-27)11-8-33-24-13-17(29)12-22(31)26(24)32/h2-3,12-15,21,33,36H,4-11,16H2,1H3/t21-/m1/s1. The van der Waals surface area contributed by atoms with Crippen LogP contribution in [-0.4, -0.2) is 54.9 Å². The molecular weight excluding hydrogens is 510 g/mol. The maximum Gasteiger partial charge on any atom is 0.182 e. The van der Waals surface area contributed by atoms with Gasteiger partial charge in [-0.05, 0) is 62.4 Å². The highest BCUT2D eigenvalue weighted by atomic mass is 35.5. The fourth-order valence-electron chi connectivity index (χ4n) is 4.96. The molecule has 0 amide bonds. The number of aromatic nitrogens is 1. The molecule has 10 heteroatoms. The monoisotopic (exact) mass is 539 g/mol. The number of ether oxygens (including phenoxy) is 1. The Morgan fingerprint density at radius 2 is 1.95 bits per heavy atom. The first-order valence-electron chi connectivity index (χ1n) is 12.2. The van der Waals surface area contributed by atoms with Crippen molar-refractivity contribution in [3.8, 4) is 5.75 Å². The number of aliphatic hydroxyl groups is 1. The van der Waals surface area contributed by atoms with Crippen LogP contribution in [0, 0.1) is 22.9 Å². The Kier molecular flexibility index (Phi) is 8.77. The molecule has 1 saturated heterocycles. The van der Waals surface area contributed by atoms with E-state index in [1.807, 2.05) is 0 Å². The number of fused-ring (bicyclic) bond motifs is 1. The molecule has 0 spiro atoms. The average Bonchev–Trinajstić information content (AvgIpc) is 2.90. The molecule has 2 aromatic carbocycles. The zero-order valence-electron chi connectivity index (χ0n) is 20.5. The van der Waals surface area contributed by atoms with E-state index >= 15 is 4.39 Å². The van der Waals surface area contributed by atoms with Gasteiger partial charge in [-0.25, -0.2) is 17.6 Å². The number of likely N-dealkylation sites (tertiary alicyclic amines) is 1. The second-order valence-electron chi connectivity index (χ2n) is 9.58. The first-order chi connectivity index (χ1) is 17.7. The number of hydrogen-bond acceptors (Lipinski definition) is 5. The zero-order chi connectivity index (χ0) is 26.6. The highest BCUT2D eigenvalue weighted by molar-refractivity contribution is 6.32. The van der Waals surface area contributed by atoms with Crippen molar-refractivity contribution in [1.29, 1.82) is 0 Å². The third-order valence-electron chi connectivity index (χ3n) is 7.30. The number of pyridine rings is 1. The van der Waals surface area contributed by atoms with Crippen LogP contribution in [0.5, 0.6) is 5.75 Å². The van der Waals surface area contributed by atoms with Crippen molar-refractivity contribution in [3.63, 3.8) is 0 Å². The molecule has 1 aromatic heterocycles. The van der Waals surface area contributed by atoms with Crippen LogP contribution in [0.25, 0.3) is 10.9 Å². The summed E-state index contributed by atoms with van der Waals surface area (Å²) in [6.45, 7) is 2.10. The molecule has 1 aliphatic rings. The van der Waals surface area contributed by atoms with Gasteiger partial charge in [0.25, 0.3) is 0 Å². The lowest BCUT2D eigenvalue weighted by Crippen LogP contribution is -2.43. The third kappa shape index (κ3) is 6.27. The van der Waals surface area contributed by atoms with E-state index in [1.54, 1.807) is 25.3 Å². The molecule has 0 bridgehead atoms. The van der Waals surface area contributed by atoms with E-state index in [9.17, 15) is 18.3 Å². The van der Waals surface area contributed by atoms with Gasteiger partial charge in [-0.3, -0.25) is 4.98 Å². The Bertz CT molecular complexity index is 1240. The molecule has 1 aliphatic heterocycles. The van der Waals surface area contributed by atoms with Crippen LogP contribution in [0.15, 0.2) is 36.5 Å². The minimum atomic E-state index is -1.34. The summed E-state index contributed by atoms with van der Waals surface area (Å²) in [6, 6.07) is 6.68. The summed E-state index contributed by atoms with van der Waals surface area (Å²) in [5, 5.41) is 13.8. The Balaban J connectivity index is 1.33. The fraction of sp³-hybridized carbons (Fsp3) is 0.444. The summed E-state index contributed by atoms with van der Waals surface area (Å²) in [5.74, 6) is -2.61. The molecule has 5 nitrogen and oxygen atoms in total. The van der Waals surface area contributed by atoms with E-state index in [0.717, 1.165) is 6.07 Å². The summed E-state index contributed by atoms with van der Waals surface area (Å²) < 4.78 is 61.4. The van der Waals surface area contributed by atoms with Crippen molar-refractivity contribution < 1.29 is 27.4 Å². The van der Waals surface area contributed by atoms with E-state index in [2.05, 4.69) is 15.2 Å². The molecule has 4 rings (SSSR count). The van der Waals surface area contributed by atoms with Gasteiger partial charge in [0.2, 0.25) is 0 Å². The molecule has 1 fully saturated rings. The lowest BCUT2D eigenvalue weighted by molar-refractivity contribution is 0.0315. The van der Waals surface area contributed by atoms with Crippen LogP contribution in [0.1, 0.15) is 37.4 Å². The van der Waals surface area contributed by atoms with Crippen molar-refractivity contribution >= 4 is 28.2 Å². The van der Waals surface area contributed by atoms with Gasteiger partial charge in [-0.1, -0.05) is 11.6 Å². The molecule has 2 heterocycles. The van der Waals surface area contributed by atoms with Crippen molar-refractivity contribution in [2.24, 2.45) is 5.41 Å². The van der Waals surface area contributed by atoms with Crippen molar-refractivity contribution in [1.82, 2.24) is 9.88 Å². The number of nitrogens with one attached hydrogen (secondary N) is 1. The smallest absolute Gasteiger partial charge is 0.182 e. The summed E-state index contributed by atoms with van der Waals surface area (Å²) in [6.07, 6.45) is 2.13. The Labute approximate surface area is 218 Å². The molecule has 0 saturated carbocycles. The van der Waals surface area contributed by atoms with Crippen molar-refractivity contribution in [2.75, 3.05) is 45.2 Å². The van der Waals surface area contributed by atoms with Gasteiger partial charge in [0.15, 0.2) is 11.6 Å².